The summed E-state index contributed by atoms with van der Waals surface area (Å²) in [5, 5.41) is 14.0. The molecular formula is C84H144N2O6P+. The molecule has 0 saturated carbocycles. The molecular weight excluding hydrogens is 1160 g/mol. The number of aliphatic hydroxyl groups is 1. The number of hydrogen-bond acceptors (Lipinski definition) is 5. The average Bonchev–Trinajstić information content (AvgIpc) is 1.94. The fraction of sp³-hybridized carbons (Fsp3) is 0.655. The SMILES string of the molecule is CC/C=C\C/C=C\C/C=C\C/C=C\C/C=C\C/C=C\C/C=C\C/C=C\C/C=C\C/C=C\C/C=C\CCCCCCCC(=O)NC(COP(=O)(O)OCC[N+](C)(C)C)C(O)/C=C/CC/C=C/CC/C=C/CCCCCCCCCCCCCCCCCCCCCCCC. The summed E-state index contributed by atoms with van der Waals surface area (Å²) in [4.78, 5) is 23.4. The Balaban J connectivity index is 4.21. The predicted molar refractivity (Wildman–Crippen MR) is 410 cm³/mol. The second-order valence-electron chi connectivity index (χ2n) is 26.3. The lowest BCUT2D eigenvalue weighted by Crippen LogP contribution is -2.45. The highest BCUT2D eigenvalue weighted by molar-refractivity contribution is 7.47. The number of allylic oxidation sites excluding steroid dienone is 27. The van der Waals surface area contributed by atoms with Gasteiger partial charge in [0.1, 0.15) is 13.2 Å². The highest BCUT2D eigenvalue weighted by Gasteiger charge is 2.28. The molecule has 1 amide bonds. The zero-order valence-electron chi connectivity index (χ0n) is 60.7. The van der Waals surface area contributed by atoms with Crippen LogP contribution < -0.4 is 5.32 Å². The van der Waals surface area contributed by atoms with Crippen molar-refractivity contribution < 1.29 is 32.9 Å². The van der Waals surface area contributed by atoms with E-state index in [-0.39, 0.29) is 19.1 Å². The van der Waals surface area contributed by atoms with E-state index in [1.54, 1.807) is 6.08 Å². The van der Waals surface area contributed by atoms with Crippen LogP contribution in [0.15, 0.2) is 170 Å². The van der Waals surface area contributed by atoms with Gasteiger partial charge in [0.25, 0.3) is 0 Å². The van der Waals surface area contributed by atoms with Gasteiger partial charge in [-0.25, -0.2) is 4.57 Å². The van der Waals surface area contributed by atoms with Gasteiger partial charge in [-0.2, -0.15) is 0 Å². The third-order valence-corrected chi connectivity index (χ3v) is 17.1. The molecule has 0 aliphatic heterocycles. The number of carbonyl (C=O) groups excluding carboxylic acids is 1. The third-order valence-electron chi connectivity index (χ3n) is 16.1. The van der Waals surface area contributed by atoms with E-state index in [0.717, 1.165) is 135 Å². The van der Waals surface area contributed by atoms with Crippen molar-refractivity contribution in [2.24, 2.45) is 0 Å². The maximum atomic E-state index is 13.1. The van der Waals surface area contributed by atoms with Crippen molar-refractivity contribution in [1.82, 2.24) is 5.32 Å². The molecule has 0 bridgehead atoms. The maximum Gasteiger partial charge on any atom is 0.472 e. The first kappa shape index (κ1) is 88.9. The average molecular weight is 1310 g/mol. The lowest BCUT2D eigenvalue weighted by atomic mass is 10.0. The number of nitrogens with one attached hydrogen (secondary N) is 1. The highest BCUT2D eigenvalue weighted by atomic mass is 31.2. The van der Waals surface area contributed by atoms with Gasteiger partial charge < -0.3 is 19.8 Å². The summed E-state index contributed by atoms with van der Waals surface area (Å²) in [7, 11) is 1.51. The topological polar surface area (TPSA) is 105 Å². The number of amides is 1. The molecule has 0 aromatic carbocycles. The van der Waals surface area contributed by atoms with Gasteiger partial charge in [-0.3, -0.25) is 13.8 Å². The minimum atomic E-state index is -4.39. The van der Waals surface area contributed by atoms with E-state index in [1.165, 1.54) is 148 Å². The third kappa shape index (κ3) is 75.1. The molecule has 93 heavy (non-hydrogen) atoms. The fourth-order valence-corrected chi connectivity index (χ4v) is 11.1. The highest BCUT2D eigenvalue weighted by Crippen LogP contribution is 2.43. The van der Waals surface area contributed by atoms with Crippen molar-refractivity contribution in [2.45, 2.75) is 315 Å². The van der Waals surface area contributed by atoms with Crippen molar-refractivity contribution in [1.29, 1.82) is 0 Å². The van der Waals surface area contributed by atoms with E-state index in [4.69, 9.17) is 9.05 Å². The quantitative estimate of drug-likeness (QED) is 0.0243. The van der Waals surface area contributed by atoms with Crippen molar-refractivity contribution in [2.75, 3.05) is 40.9 Å². The van der Waals surface area contributed by atoms with E-state index in [9.17, 15) is 19.4 Å². The van der Waals surface area contributed by atoms with Crippen LogP contribution in [0.1, 0.15) is 303 Å². The summed E-state index contributed by atoms with van der Waals surface area (Å²) in [5.41, 5.74) is 0. The number of phosphoric acid groups is 1. The standard InChI is InChI=1S/C84H143N2O6P/c1-6-8-10-12-14-16-18-20-22-24-26-28-30-32-34-36-38-40-41-42-43-44-45-46-48-50-52-54-56-58-60-62-64-66-68-70-72-74-76-78-84(88)85-82(81-92-93(89,90)91-80-79-86(3,4)5)83(87)77-75-73-71-69-67-65-63-61-59-57-55-53-51-49-47-39-37-35-33-31-29-27-25-23-21-19-17-15-13-11-9-7-2/h8,10,14,16,20,22,26,28,32,34,38,40,42-43,45-46,50,52,56,58-59,61-62,64,67,69,75,77,82-83,87H,6-7,9,11-13,15,17-19,21,23-25,27,29-31,33,35-37,39,41,44,47-49,51,53-55,57,60,63,65-66,68,70-74,76,78-81H2,1-5H3,(H-,85,88,89,90)/p+1/b10-8-,16-14-,22-20-,28-26-,34-32-,40-38-,43-42-,46-45-,52-50-,58-56-,61-59+,64-62-,69-67+,77-75+. The van der Waals surface area contributed by atoms with Crippen LogP contribution >= 0.6 is 7.82 Å². The first-order valence-electron chi connectivity index (χ1n) is 38.0. The number of unbranched alkanes of at least 4 members (excludes halogenated alkanes) is 29. The lowest BCUT2D eigenvalue weighted by molar-refractivity contribution is -0.870. The van der Waals surface area contributed by atoms with E-state index in [2.05, 4.69) is 177 Å². The molecule has 0 aromatic rings. The number of rotatable bonds is 68. The van der Waals surface area contributed by atoms with E-state index in [0.29, 0.717) is 17.4 Å². The number of phosphoric ester groups is 1. The molecule has 8 nitrogen and oxygen atoms in total. The predicted octanol–water partition coefficient (Wildman–Crippen LogP) is 25.1. The van der Waals surface area contributed by atoms with Gasteiger partial charge >= 0.3 is 7.82 Å². The molecule has 0 aliphatic rings. The van der Waals surface area contributed by atoms with Crippen LogP contribution in [-0.2, 0) is 18.4 Å². The second-order valence-corrected chi connectivity index (χ2v) is 27.7. The van der Waals surface area contributed by atoms with Gasteiger partial charge in [-0.15, -0.1) is 0 Å². The van der Waals surface area contributed by atoms with Gasteiger partial charge in [0.15, 0.2) is 0 Å². The van der Waals surface area contributed by atoms with Crippen molar-refractivity contribution >= 4 is 13.7 Å². The minimum Gasteiger partial charge on any atom is -0.387 e. The van der Waals surface area contributed by atoms with Gasteiger partial charge in [0.2, 0.25) is 5.91 Å². The second kappa shape index (κ2) is 72.1. The summed E-state index contributed by atoms with van der Waals surface area (Å²) in [6.07, 6.45) is 114. The molecule has 530 valence electrons. The Hall–Kier alpha value is -4.14. The van der Waals surface area contributed by atoms with E-state index < -0.39 is 20.0 Å². The molecule has 0 saturated heterocycles. The summed E-state index contributed by atoms with van der Waals surface area (Å²) in [6.45, 7) is 4.66. The van der Waals surface area contributed by atoms with Crippen LogP contribution in [0.3, 0.4) is 0 Å². The number of nitrogens with zero attached hydrogens (tertiary/aromatic N) is 1. The lowest BCUT2D eigenvalue weighted by Gasteiger charge is -2.25. The first-order valence-corrected chi connectivity index (χ1v) is 39.5. The molecule has 0 rings (SSSR count). The summed E-state index contributed by atoms with van der Waals surface area (Å²) >= 11 is 0. The molecule has 0 fully saturated rings. The van der Waals surface area contributed by atoms with Crippen molar-refractivity contribution in [3.05, 3.63) is 170 Å². The van der Waals surface area contributed by atoms with Crippen LogP contribution in [0.4, 0.5) is 0 Å². The molecule has 0 radical (unpaired) electrons. The number of hydrogen-bond donors (Lipinski definition) is 3. The molecule has 3 atom stereocenters. The summed E-state index contributed by atoms with van der Waals surface area (Å²) < 4.78 is 23.8. The number of carbonyl (C=O) groups is 1. The molecule has 0 heterocycles. The Morgan fingerprint density at radius 1 is 0.376 bits per heavy atom. The Morgan fingerprint density at radius 2 is 0.656 bits per heavy atom. The number of aliphatic hydroxyl groups excluding tert-OH is 1. The Labute approximate surface area is 574 Å². The minimum absolute atomic E-state index is 0.0404. The summed E-state index contributed by atoms with van der Waals surface area (Å²) in [5.74, 6) is -0.214. The van der Waals surface area contributed by atoms with Gasteiger partial charge in [0.05, 0.1) is 39.9 Å². The van der Waals surface area contributed by atoms with Crippen molar-refractivity contribution in [3.8, 4) is 0 Å². The Bertz CT molecular complexity index is 2130. The molecule has 0 aromatic heterocycles. The zero-order chi connectivity index (χ0) is 67.6. The number of likely N-dealkylation sites (N-methyl/N-ethyl adjacent to an activating group) is 1. The van der Waals surface area contributed by atoms with Crippen molar-refractivity contribution in [3.63, 3.8) is 0 Å². The zero-order valence-corrected chi connectivity index (χ0v) is 61.6. The normalized spacial score (nSPS) is 14.5. The fourth-order valence-electron chi connectivity index (χ4n) is 10.3. The molecule has 0 spiro atoms. The van der Waals surface area contributed by atoms with Gasteiger partial charge in [-0.05, 0) is 128 Å². The summed E-state index contributed by atoms with van der Waals surface area (Å²) in [6, 6.07) is -0.896. The van der Waals surface area contributed by atoms with Crippen LogP contribution in [0, 0.1) is 0 Å². The van der Waals surface area contributed by atoms with Crippen LogP contribution in [-0.4, -0.2) is 73.4 Å². The van der Waals surface area contributed by atoms with Gasteiger partial charge in [0, 0.05) is 6.42 Å². The van der Waals surface area contributed by atoms with E-state index >= 15 is 0 Å². The molecule has 3 unspecified atom stereocenters. The molecule has 0 aliphatic carbocycles. The monoisotopic (exact) mass is 1310 g/mol. The maximum absolute atomic E-state index is 13.1. The first-order chi connectivity index (χ1) is 45.5. The smallest absolute Gasteiger partial charge is 0.387 e. The van der Waals surface area contributed by atoms with E-state index in [1.807, 2.05) is 27.2 Å². The molecule has 3 N–H and O–H groups in total. The molecule has 9 heteroatoms. The van der Waals surface area contributed by atoms with Crippen LogP contribution in [0.5, 0.6) is 0 Å². The van der Waals surface area contributed by atoms with Crippen LogP contribution in [0.25, 0.3) is 0 Å². The van der Waals surface area contributed by atoms with Gasteiger partial charge in [-0.1, -0.05) is 338 Å². The number of quaternary nitrogens is 1. The van der Waals surface area contributed by atoms with Crippen LogP contribution in [0.2, 0.25) is 0 Å². The Morgan fingerprint density at radius 3 is 0.989 bits per heavy atom. The largest absolute Gasteiger partial charge is 0.472 e. The Kier molecular flexibility index (Phi) is 68.9.